The van der Waals surface area contributed by atoms with Gasteiger partial charge < -0.3 is 25.0 Å². The van der Waals surface area contributed by atoms with Gasteiger partial charge in [0, 0.05) is 18.7 Å². The fraction of sp³-hybridized carbons (Fsp3) is 0.345. The maximum Gasteiger partial charge on any atom is 0.247 e. The van der Waals surface area contributed by atoms with Crippen LogP contribution >= 0.6 is 0 Å². The summed E-state index contributed by atoms with van der Waals surface area (Å²) in [5, 5.41) is 8.20. The lowest BCUT2D eigenvalue weighted by Crippen LogP contribution is -2.37. The number of morpholine rings is 1. The summed E-state index contributed by atoms with van der Waals surface area (Å²) < 4.78 is 11.5. The molecule has 202 valence electrons. The molecule has 2 aromatic carbocycles. The molecular weight excluding hydrogens is 496 g/mol. The zero-order chi connectivity index (χ0) is 26.8. The van der Waals surface area contributed by atoms with E-state index < -0.39 is 0 Å². The van der Waals surface area contributed by atoms with Crippen molar-refractivity contribution >= 4 is 34.6 Å². The highest BCUT2D eigenvalue weighted by atomic mass is 16.7. The van der Waals surface area contributed by atoms with Crippen LogP contribution in [0.4, 0.5) is 28.7 Å². The van der Waals surface area contributed by atoms with Crippen molar-refractivity contribution in [3.05, 3.63) is 73.1 Å². The molecule has 39 heavy (non-hydrogen) atoms. The second kappa shape index (κ2) is 10.9. The molecule has 0 radical (unpaired) electrons. The van der Waals surface area contributed by atoms with Gasteiger partial charge in [0.2, 0.25) is 5.91 Å². The molecular formula is C29H32N6O4. The molecule has 0 aliphatic carbocycles. The number of carbonyl (C=O) groups excluding carboxylic acids is 1. The molecule has 0 unspecified atom stereocenters. The lowest BCUT2D eigenvalue weighted by molar-refractivity contribution is -0.111. The Balaban J connectivity index is 1.27. The van der Waals surface area contributed by atoms with Gasteiger partial charge in [-0.1, -0.05) is 36.9 Å². The molecule has 0 saturated carbocycles. The van der Waals surface area contributed by atoms with Gasteiger partial charge in [0.15, 0.2) is 5.82 Å². The van der Waals surface area contributed by atoms with Crippen LogP contribution in [-0.2, 0) is 20.8 Å². The van der Waals surface area contributed by atoms with Crippen LogP contribution in [0.1, 0.15) is 18.4 Å². The van der Waals surface area contributed by atoms with Crippen molar-refractivity contribution in [2.24, 2.45) is 0 Å². The number of nitrogens with zero attached hydrogens (tertiary/aromatic N) is 4. The number of fused-ring (bicyclic) bond motifs is 2. The van der Waals surface area contributed by atoms with Crippen molar-refractivity contribution in [1.82, 2.24) is 9.97 Å². The number of anilines is 5. The number of amides is 1. The van der Waals surface area contributed by atoms with E-state index in [0.717, 1.165) is 31.5 Å². The van der Waals surface area contributed by atoms with Gasteiger partial charge >= 0.3 is 0 Å². The van der Waals surface area contributed by atoms with Gasteiger partial charge in [0.1, 0.15) is 17.9 Å². The maximum atomic E-state index is 12.3. The average Bonchev–Trinajstić information content (AvgIpc) is 3.72. The molecule has 2 N–H and O–H groups in total. The Kier molecular flexibility index (Phi) is 7.04. The summed E-state index contributed by atoms with van der Waals surface area (Å²) in [6.45, 7) is 5.69. The van der Waals surface area contributed by atoms with Crippen molar-refractivity contribution in [3.63, 3.8) is 0 Å². The third kappa shape index (κ3) is 5.25. The van der Waals surface area contributed by atoms with Crippen LogP contribution in [-0.4, -0.2) is 60.9 Å². The average molecular weight is 529 g/mol. The van der Waals surface area contributed by atoms with Crippen molar-refractivity contribution in [2.75, 3.05) is 47.5 Å². The van der Waals surface area contributed by atoms with Gasteiger partial charge in [-0.3, -0.25) is 9.63 Å². The van der Waals surface area contributed by atoms with Crippen molar-refractivity contribution in [3.8, 4) is 5.75 Å². The Labute approximate surface area is 227 Å². The summed E-state index contributed by atoms with van der Waals surface area (Å²) in [7, 11) is 1.63. The summed E-state index contributed by atoms with van der Waals surface area (Å²) in [6, 6.07) is 16.5. The van der Waals surface area contributed by atoms with E-state index in [1.54, 1.807) is 7.11 Å². The highest BCUT2D eigenvalue weighted by molar-refractivity contribution is 6.02. The monoisotopic (exact) mass is 528 g/mol. The number of rotatable bonds is 9. The van der Waals surface area contributed by atoms with Crippen LogP contribution in [0, 0.1) is 0 Å². The van der Waals surface area contributed by atoms with E-state index in [0.29, 0.717) is 42.0 Å². The number of methoxy groups -OCH3 is 1. The lowest BCUT2D eigenvalue weighted by Gasteiger charge is -2.31. The van der Waals surface area contributed by atoms with Gasteiger partial charge in [-0.15, -0.1) is 0 Å². The second-order valence-corrected chi connectivity index (χ2v) is 9.94. The van der Waals surface area contributed by atoms with E-state index in [2.05, 4.69) is 56.3 Å². The van der Waals surface area contributed by atoms with E-state index in [1.807, 2.05) is 29.3 Å². The predicted octanol–water partition coefficient (Wildman–Crippen LogP) is 4.08. The van der Waals surface area contributed by atoms with E-state index in [1.165, 1.54) is 18.0 Å². The van der Waals surface area contributed by atoms with Crippen molar-refractivity contribution < 1.29 is 19.1 Å². The number of hydroxylamine groups is 1. The fourth-order valence-electron chi connectivity index (χ4n) is 5.56. The zero-order valence-electron chi connectivity index (χ0n) is 21.9. The third-order valence-corrected chi connectivity index (χ3v) is 7.44. The Morgan fingerprint density at radius 1 is 1.21 bits per heavy atom. The van der Waals surface area contributed by atoms with Gasteiger partial charge in [0.05, 0.1) is 55.6 Å². The van der Waals surface area contributed by atoms with Crippen molar-refractivity contribution in [2.45, 2.75) is 37.5 Å². The molecule has 6 rings (SSSR count). The Hall–Kier alpha value is -4.15. The maximum absolute atomic E-state index is 12.3. The number of hydrogen-bond donors (Lipinski definition) is 2. The molecule has 10 nitrogen and oxygen atoms in total. The van der Waals surface area contributed by atoms with Gasteiger partial charge in [0.25, 0.3) is 0 Å². The quantitative estimate of drug-likeness (QED) is 0.398. The lowest BCUT2D eigenvalue weighted by atomic mass is 10.0. The van der Waals surface area contributed by atoms with Gasteiger partial charge in [-0.05, 0) is 37.0 Å². The molecule has 3 aromatic rings. The summed E-state index contributed by atoms with van der Waals surface area (Å²) in [5.41, 5.74) is 3.47. The van der Waals surface area contributed by atoms with Crippen LogP contribution in [0.25, 0.3) is 0 Å². The molecule has 3 aliphatic rings. The number of ether oxygens (including phenoxy) is 2. The number of aromatic nitrogens is 2. The Morgan fingerprint density at radius 2 is 2.08 bits per heavy atom. The molecule has 0 spiro atoms. The van der Waals surface area contributed by atoms with E-state index in [-0.39, 0.29) is 24.1 Å². The van der Waals surface area contributed by atoms with E-state index in [4.69, 9.17) is 14.3 Å². The molecule has 3 atom stereocenters. The molecule has 3 saturated heterocycles. The highest BCUT2D eigenvalue weighted by Gasteiger charge is 2.40. The highest BCUT2D eigenvalue weighted by Crippen LogP contribution is 2.43. The van der Waals surface area contributed by atoms with Crippen molar-refractivity contribution in [1.29, 1.82) is 0 Å². The summed E-state index contributed by atoms with van der Waals surface area (Å²) in [5.74, 6) is 1.60. The standard InChI is InChI=1S/C29H32N6O4/c1-3-29(36)33-23-13-24(26(37-2)14-25(23)34-16-22-12-21(34)17-38-22)32-27-15-28(31-18-30-27)35-20(9-10-39-35)11-19-7-5-4-6-8-19/h3-8,13-15,18,20-22H,1,9-12,16-17H2,2H3,(H,33,36)(H,30,31,32)/t20-,21-,22-/m1/s1. The predicted molar refractivity (Wildman–Crippen MR) is 150 cm³/mol. The third-order valence-electron chi connectivity index (χ3n) is 7.44. The van der Waals surface area contributed by atoms with Gasteiger partial charge in [-0.2, -0.15) is 0 Å². The summed E-state index contributed by atoms with van der Waals surface area (Å²) in [6.07, 6.45) is 5.73. The second-order valence-electron chi connectivity index (χ2n) is 9.94. The molecule has 3 fully saturated rings. The van der Waals surface area contributed by atoms with Crippen LogP contribution in [0.3, 0.4) is 0 Å². The number of hydrogen-bond acceptors (Lipinski definition) is 9. The first-order valence-electron chi connectivity index (χ1n) is 13.2. The Bertz CT molecular complexity index is 1350. The fourth-order valence-corrected chi connectivity index (χ4v) is 5.56. The van der Waals surface area contributed by atoms with E-state index >= 15 is 0 Å². The first kappa shape index (κ1) is 25.1. The van der Waals surface area contributed by atoms with Crippen LogP contribution in [0.2, 0.25) is 0 Å². The first-order chi connectivity index (χ1) is 19.1. The number of carbonyl (C=O) groups is 1. The number of benzene rings is 2. The normalized spacial score (nSPS) is 21.7. The zero-order valence-corrected chi connectivity index (χ0v) is 21.9. The molecule has 2 bridgehead atoms. The minimum atomic E-state index is -0.284. The van der Waals surface area contributed by atoms with Gasteiger partial charge in [-0.25, -0.2) is 15.0 Å². The molecule has 4 heterocycles. The largest absolute Gasteiger partial charge is 0.494 e. The van der Waals surface area contributed by atoms with Crippen LogP contribution < -0.4 is 25.3 Å². The minimum absolute atomic E-state index is 0.171. The summed E-state index contributed by atoms with van der Waals surface area (Å²) in [4.78, 5) is 29.5. The first-order valence-corrected chi connectivity index (χ1v) is 13.2. The smallest absolute Gasteiger partial charge is 0.247 e. The molecule has 1 aromatic heterocycles. The SMILES string of the molecule is C=CC(=O)Nc1cc(Nc2cc(N3OCC[C@@H]3Cc3ccccc3)ncn2)c(OC)cc1N1C[C@H]2C[C@@H]1CO2. The van der Waals surface area contributed by atoms with E-state index in [9.17, 15) is 4.79 Å². The topological polar surface area (TPSA) is 101 Å². The molecule has 1 amide bonds. The van der Waals surface area contributed by atoms with Crippen LogP contribution in [0.15, 0.2) is 67.5 Å². The minimum Gasteiger partial charge on any atom is -0.494 e. The Morgan fingerprint density at radius 3 is 2.82 bits per heavy atom. The summed E-state index contributed by atoms with van der Waals surface area (Å²) >= 11 is 0. The van der Waals surface area contributed by atoms with Crippen LogP contribution in [0.5, 0.6) is 5.75 Å². The molecule has 10 heteroatoms. The number of nitrogens with one attached hydrogen (secondary N) is 2. The molecule has 3 aliphatic heterocycles.